The van der Waals surface area contributed by atoms with Crippen molar-refractivity contribution in [2.75, 3.05) is 18.5 Å². The van der Waals surface area contributed by atoms with Gasteiger partial charge in [-0.2, -0.15) is 0 Å². The van der Waals surface area contributed by atoms with Gasteiger partial charge in [-0.3, -0.25) is 10.1 Å². The van der Waals surface area contributed by atoms with Crippen LogP contribution in [0.15, 0.2) is 48.5 Å². The van der Waals surface area contributed by atoms with Crippen LogP contribution in [0.2, 0.25) is 0 Å². The standard InChI is InChI=1S/C23H30N2O3S/c1-4-5-15-28-21-9-7-6-8-20(21)22(26)25-23(29)24-18-10-12-19(13-11-18)27-16-14-17(2)3/h6-13,17H,4-5,14-16H2,1-3H3,(H2,24,25,26,29). The molecule has 5 nitrogen and oxygen atoms in total. The molecule has 0 bridgehead atoms. The SMILES string of the molecule is CCCCOc1ccccc1C(=O)NC(=S)Nc1ccc(OCCC(C)C)cc1. The van der Waals surface area contributed by atoms with E-state index >= 15 is 0 Å². The number of anilines is 1. The Balaban J connectivity index is 1.88. The van der Waals surface area contributed by atoms with Gasteiger partial charge in [-0.1, -0.05) is 39.3 Å². The lowest BCUT2D eigenvalue weighted by Gasteiger charge is -2.13. The maximum absolute atomic E-state index is 12.6. The molecule has 0 aliphatic heterocycles. The number of ether oxygens (including phenoxy) is 2. The zero-order chi connectivity index (χ0) is 21.1. The molecule has 2 rings (SSSR count). The van der Waals surface area contributed by atoms with Gasteiger partial charge in [-0.15, -0.1) is 0 Å². The first-order valence-electron chi connectivity index (χ1n) is 10.1. The number of para-hydroxylation sites is 1. The van der Waals surface area contributed by atoms with E-state index in [1.54, 1.807) is 18.2 Å². The second-order valence-corrected chi connectivity index (χ2v) is 7.57. The minimum absolute atomic E-state index is 0.229. The molecule has 156 valence electrons. The third-order valence-electron chi connectivity index (χ3n) is 4.19. The summed E-state index contributed by atoms with van der Waals surface area (Å²) in [7, 11) is 0. The summed E-state index contributed by atoms with van der Waals surface area (Å²) in [5, 5.41) is 5.95. The number of carbonyl (C=O) groups excluding carboxylic acids is 1. The molecule has 0 fully saturated rings. The molecular weight excluding hydrogens is 384 g/mol. The highest BCUT2D eigenvalue weighted by atomic mass is 32.1. The van der Waals surface area contributed by atoms with Crippen molar-refractivity contribution in [3.8, 4) is 11.5 Å². The van der Waals surface area contributed by atoms with Crippen molar-refractivity contribution in [2.24, 2.45) is 5.92 Å². The molecule has 0 aliphatic rings. The molecular formula is C23H30N2O3S. The van der Waals surface area contributed by atoms with Crippen LogP contribution in [-0.4, -0.2) is 24.2 Å². The maximum atomic E-state index is 12.6. The first kappa shape index (κ1) is 22.7. The number of unbranched alkanes of at least 4 members (excludes halogenated alkanes) is 1. The number of carbonyl (C=O) groups is 1. The van der Waals surface area contributed by atoms with Gasteiger partial charge in [-0.05, 0) is 67.4 Å². The lowest BCUT2D eigenvalue weighted by molar-refractivity contribution is 0.0973. The summed E-state index contributed by atoms with van der Waals surface area (Å²) in [6, 6.07) is 14.7. The zero-order valence-electron chi connectivity index (χ0n) is 17.4. The van der Waals surface area contributed by atoms with Crippen LogP contribution >= 0.6 is 12.2 Å². The van der Waals surface area contributed by atoms with Crippen LogP contribution in [0.1, 0.15) is 50.4 Å². The smallest absolute Gasteiger partial charge is 0.261 e. The number of nitrogens with one attached hydrogen (secondary N) is 2. The highest BCUT2D eigenvalue weighted by molar-refractivity contribution is 7.80. The Hall–Kier alpha value is -2.60. The van der Waals surface area contributed by atoms with Crippen molar-refractivity contribution < 1.29 is 14.3 Å². The van der Waals surface area contributed by atoms with Gasteiger partial charge in [0, 0.05) is 5.69 Å². The van der Waals surface area contributed by atoms with E-state index in [-0.39, 0.29) is 11.0 Å². The van der Waals surface area contributed by atoms with Gasteiger partial charge >= 0.3 is 0 Å². The van der Waals surface area contributed by atoms with Crippen LogP contribution in [-0.2, 0) is 0 Å². The van der Waals surface area contributed by atoms with Crippen molar-refractivity contribution in [3.63, 3.8) is 0 Å². The molecule has 0 saturated heterocycles. The normalized spacial score (nSPS) is 10.5. The second-order valence-electron chi connectivity index (χ2n) is 7.16. The largest absolute Gasteiger partial charge is 0.494 e. The number of hydrogen-bond acceptors (Lipinski definition) is 4. The summed E-state index contributed by atoms with van der Waals surface area (Å²) in [5.74, 6) is 1.68. The van der Waals surface area contributed by atoms with E-state index in [0.29, 0.717) is 30.4 Å². The van der Waals surface area contributed by atoms with Gasteiger partial charge in [0.05, 0.1) is 18.8 Å². The first-order valence-corrected chi connectivity index (χ1v) is 10.5. The summed E-state index contributed by atoms with van der Waals surface area (Å²) in [4.78, 5) is 12.6. The number of thiocarbonyl (C=S) groups is 1. The average Bonchev–Trinajstić information content (AvgIpc) is 2.69. The van der Waals surface area contributed by atoms with E-state index in [0.717, 1.165) is 30.7 Å². The first-order chi connectivity index (χ1) is 14.0. The molecule has 0 saturated carbocycles. The van der Waals surface area contributed by atoms with Gasteiger partial charge in [0.15, 0.2) is 5.11 Å². The Morgan fingerprint density at radius 2 is 1.76 bits per heavy atom. The lowest BCUT2D eigenvalue weighted by Crippen LogP contribution is -2.34. The third kappa shape index (κ3) is 8.11. The molecule has 0 aliphatic carbocycles. The van der Waals surface area contributed by atoms with Gasteiger partial charge in [0.1, 0.15) is 11.5 Å². The Kier molecular flexibility index (Phi) is 9.44. The Bertz CT molecular complexity index is 791. The number of amides is 1. The fraction of sp³-hybridized carbons (Fsp3) is 0.391. The van der Waals surface area contributed by atoms with Crippen molar-refractivity contribution >= 4 is 28.9 Å². The van der Waals surface area contributed by atoms with Crippen LogP contribution in [0.5, 0.6) is 11.5 Å². The second kappa shape index (κ2) is 12.1. The number of benzene rings is 2. The van der Waals surface area contributed by atoms with Crippen molar-refractivity contribution in [2.45, 2.75) is 40.0 Å². The maximum Gasteiger partial charge on any atom is 0.261 e. The molecule has 0 heterocycles. The molecule has 0 aromatic heterocycles. The van der Waals surface area contributed by atoms with Gasteiger partial charge in [0.25, 0.3) is 5.91 Å². The van der Waals surface area contributed by atoms with Gasteiger partial charge in [-0.25, -0.2) is 0 Å². The Morgan fingerprint density at radius 1 is 1.03 bits per heavy atom. The predicted octanol–water partition coefficient (Wildman–Crippen LogP) is 5.42. The van der Waals surface area contributed by atoms with Crippen LogP contribution < -0.4 is 20.1 Å². The molecule has 29 heavy (non-hydrogen) atoms. The number of rotatable bonds is 10. The number of hydrogen-bond donors (Lipinski definition) is 2. The Labute approximate surface area is 178 Å². The minimum Gasteiger partial charge on any atom is -0.494 e. The van der Waals surface area contributed by atoms with E-state index in [1.165, 1.54) is 0 Å². The minimum atomic E-state index is -0.303. The van der Waals surface area contributed by atoms with Crippen molar-refractivity contribution in [1.82, 2.24) is 5.32 Å². The van der Waals surface area contributed by atoms with Gasteiger partial charge < -0.3 is 14.8 Å². The molecule has 1 amide bonds. The van der Waals surface area contributed by atoms with Gasteiger partial charge in [0.2, 0.25) is 0 Å². The molecule has 2 aromatic carbocycles. The van der Waals surface area contributed by atoms with E-state index < -0.39 is 0 Å². The summed E-state index contributed by atoms with van der Waals surface area (Å²) >= 11 is 5.28. The highest BCUT2D eigenvalue weighted by Crippen LogP contribution is 2.19. The van der Waals surface area contributed by atoms with E-state index in [1.807, 2.05) is 30.3 Å². The van der Waals surface area contributed by atoms with Crippen molar-refractivity contribution in [3.05, 3.63) is 54.1 Å². The van der Waals surface area contributed by atoms with Crippen LogP contribution in [0, 0.1) is 5.92 Å². The monoisotopic (exact) mass is 414 g/mol. The molecule has 0 atom stereocenters. The topological polar surface area (TPSA) is 59.6 Å². The van der Waals surface area contributed by atoms with Crippen LogP contribution in [0.25, 0.3) is 0 Å². The van der Waals surface area contributed by atoms with E-state index in [2.05, 4.69) is 31.4 Å². The summed E-state index contributed by atoms with van der Waals surface area (Å²) < 4.78 is 11.4. The molecule has 0 radical (unpaired) electrons. The average molecular weight is 415 g/mol. The van der Waals surface area contributed by atoms with Crippen LogP contribution in [0.4, 0.5) is 5.69 Å². The Morgan fingerprint density at radius 3 is 2.45 bits per heavy atom. The highest BCUT2D eigenvalue weighted by Gasteiger charge is 2.13. The molecule has 6 heteroatoms. The fourth-order valence-corrected chi connectivity index (χ4v) is 2.70. The van der Waals surface area contributed by atoms with Crippen LogP contribution in [0.3, 0.4) is 0 Å². The predicted molar refractivity (Wildman–Crippen MR) is 122 cm³/mol. The summed E-state index contributed by atoms with van der Waals surface area (Å²) in [5.41, 5.74) is 1.24. The molecule has 0 spiro atoms. The van der Waals surface area contributed by atoms with E-state index in [4.69, 9.17) is 21.7 Å². The fourth-order valence-electron chi connectivity index (χ4n) is 2.49. The lowest BCUT2D eigenvalue weighted by atomic mass is 10.1. The third-order valence-corrected chi connectivity index (χ3v) is 4.39. The molecule has 2 aromatic rings. The quantitative estimate of drug-likeness (QED) is 0.402. The molecule has 0 unspecified atom stereocenters. The van der Waals surface area contributed by atoms with Crippen molar-refractivity contribution in [1.29, 1.82) is 0 Å². The summed E-state index contributed by atoms with van der Waals surface area (Å²) in [6.07, 6.45) is 2.98. The molecule has 2 N–H and O–H groups in total. The van der Waals surface area contributed by atoms with E-state index in [9.17, 15) is 4.79 Å². The zero-order valence-corrected chi connectivity index (χ0v) is 18.2. The summed E-state index contributed by atoms with van der Waals surface area (Å²) in [6.45, 7) is 7.70.